The molecule has 1 atom stereocenters. The molecule has 1 aliphatic heterocycles. The lowest BCUT2D eigenvalue weighted by atomic mass is 10.0. The van der Waals surface area contributed by atoms with Crippen molar-refractivity contribution in [2.24, 2.45) is 0 Å². The highest BCUT2D eigenvalue weighted by molar-refractivity contribution is 7.99. The Kier molecular flexibility index (Phi) is 5.99. The molecule has 0 unspecified atom stereocenters. The Morgan fingerprint density at radius 2 is 1.79 bits per heavy atom. The van der Waals surface area contributed by atoms with Crippen LogP contribution in [0.15, 0.2) is 88.5 Å². The van der Waals surface area contributed by atoms with Crippen LogP contribution in [-0.4, -0.2) is 35.6 Å². The van der Waals surface area contributed by atoms with E-state index >= 15 is 0 Å². The zero-order valence-electron chi connectivity index (χ0n) is 17.9. The molecule has 4 aromatic rings. The van der Waals surface area contributed by atoms with Gasteiger partial charge in [0.25, 0.3) is 5.22 Å². The van der Waals surface area contributed by atoms with E-state index < -0.39 is 0 Å². The number of nitrogens with zero attached hydrogens (tertiary/aromatic N) is 3. The molecule has 0 spiro atoms. The van der Waals surface area contributed by atoms with Crippen LogP contribution in [0.5, 0.6) is 11.5 Å². The molecular formula is C25H21N3O4S. The van der Waals surface area contributed by atoms with Gasteiger partial charge in [-0.1, -0.05) is 54.2 Å². The Morgan fingerprint density at radius 3 is 2.58 bits per heavy atom. The highest BCUT2D eigenvalue weighted by Gasteiger charge is 2.33. The number of rotatable bonds is 6. The van der Waals surface area contributed by atoms with Crippen molar-refractivity contribution >= 4 is 23.4 Å². The first kappa shape index (κ1) is 21.1. The van der Waals surface area contributed by atoms with Crippen LogP contribution in [0.25, 0.3) is 11.5 Å². The Bertz CT molecular complexity index is 1240. The van der Waals surface area contributed by atoms with Crippen LogP contribution >= 0.6 is 11.8 Å². The molecular weight excluding hydrogens is 438 g/mol. The smallest absolute Gasteiger partial charge is 0.277 e. The molecule has 1 aliphatic rings. The van der Waals surface area contributed by atoms with Crippen molar-refractivity contribution < 1.29 is 18.7 Å². The second-order valence-electron chi connectivity index (χ2n) is 7.36. The predicted molar refractivity (Wildman–Crippen MR) is 126 cm³/mol. The molecule has 0 fully saturated rings. The number of para-hydroxylation sites is 2. The number of methoxy groups -OCH3 is 1. The number of thioether (sulfide) groups is 1. The van der Waals surface area contributed by atoms with Gasteiger partial charge in [-0.2, -0.15) is 0 Å². The number of hydrogen-bond donors (Lipinski definition) is 0. The number of hydrogen-bond acceptors (Lipinski definition) is 7. The molecule has 0 saturated heterocycles. The van der Waals surface area contributed by atoms with Crippen LogP contribution in [0.1, 0.15) is 11.6 Å². The van der Waals surface area contributed by atoms with Crippen molar-refractivity contribution in [1.82, 2.24) is 10.2 Å². The molecule has 1 aromatic heterocycles. The third-order valence-corrected chi connectivity index (χ3v) is 6.15. The van der Waals surface area contributed by atoms with Gasteiger partial charge in [-0.3, -0.25) is 9.69 Å². The largest absolute Gasteiger partial charge is 0.497 e. The molecule has 0 N–H and O–H groups in total. The minimum absolute atomic E-state index is 0.0613. The lowest BCUT2D eigenvalue weighted by Crippen LogP contribution is -2.42. The van der Waals surface area contributed by atoms with Gasteiger partial charge in [0.05, 0.1) is 24.6 Å². The van der Waals surface area contributed by atoms with E-state index in [0.29, 0.717) is 23.5 Å². The Balaban J connectivity index is 1.34. The molecule has 1 amide bonds. The van der Waals surface area contributed by atoms with Crippen LogP contribution in [-0.2, 0) is 4.79 Å². The van der Waals surface area contributed by atoms with Crippen LogP contribution in [0.3, 0.4) is 0 Å². The van der Waals surface area contributed by atoms with E-state index in [4.69, 9.17) is 13.9 Å². The zero-order chi connectivity index (χ0) is 22.6. The number of benzene rings is 3. The summed E-state index contributed by atoms with van der Waals surface area (Å²) >= 11 is 1.22. The zero-order valence-corrected chi connectivity index (χ0v) is 18.7. The van der Waals surface area contributed by atoms with Gasteiger partial charge in [-0.05, 0) is 42.0 Å². The molecule has 3 aromatic carbocycles. The van der Waals surface area contributed by atoms with Gasteiger partial charge in [0.1, 0.15) is 18.1 Å². The van der Waals surface area contributed by atoms with E-state index in [1.165, 1.54) is 11.8 Å². The van der Waals surface area contributed by atoms with Crippen molar-refractivity contribution in [3.63, 3.8) is 0 Å². The number of ether oxygens (including phenoxy) is 2. The number of fused-ring (bicyclic) bond motifs is 1. The first-order valence-electron chi connectivity index (χ1n) is 10.4. The first-order chi connectivity index (χ1) is 16.2. The summed E-state index contributed by atoms with van der Waals surface area (Å²) in [5.74, 6) is 1.93. The minimum Gasteiger partial charge on any atom is -0.497 e. The number of carbonyl (C=O) groups excluding carboxylic acids is 1. The van der Waals surface area contributed by atoms with Crippen molar-refractivity contribution in [3.8, 4) is 23.0 Å². The fraction of sp³-hybridized carbons (Fsp3) is 0.160. The predicted octanol–water partition coefficient (Wildman–Crippen LogP) is 5.00. The van der Waals surface area contributed by atoms with E-state index in [2.05, 4.69) is 10.2 Å². The fourth-order valence-corrected chi connectivity index (χ4v) is 4.35. The molecule has 0 radical (unpaired) electrons. The molecule has 0 aliphatic carbocycles. The number of amides is 1. The minimum atomic E-state index is -0.216. The summed E-state index contributed by atoms with van der Waals surface area (Å²) < 4.78 is 16.9. The van der Waals surface area contributed by atoms with Crippen molar-refractivity contribution in [2.45, 2.75) is 11.3 Å². The molecule has 7 nitrogen and oxygen atoms in total. The average Bonchev–Trinajstić information content (AvgIpc) is 3.36. The third-order valence-electron chi connectivity index (χ3n) is 5.35. The SMILES string of the molecule is COc1ccc(-c2nnc(SCC(=O)N3c4ccccc4OC[C@@H]3c3ccccc3)o2)cc1. The van der Waals surface area contributed by atoms with E-state index in [1.807, 2.05) is 83.8 Å². The highest BCUT2D eigenvalue weighted by atomic mass is 32.2. The Morgan fingerprint density at radius 1 is 1.03 bits per heavy atom. The number of aromatic nitrogens is 2. The van der Waals surface area contributed by atoms with Crippen LogP contribution < -0.4 is 14.4 Å². The Labute approximate surface area is 195 Å². The molecule has 2 heterocycles. The maximum atomic E-state index is 13.4. The maximum Gasteiger partial charge on any atom is 0.277 e. The van der Waals surface area contributed by atoms with E-state index in [9.17, 15) is 4.79 Å². The lowest BCUT2D eigenvalue weighted by Gasteiger charge is -2.37. The van der Waals surface area contributed by atoms with Crippen LogP contribution in [0.2, 0.25) is 0 Å². The van der Waals surface area contributed by atoms with Gasteiger partial charge >= 0.3 is 0 Å². The standard InChI is InChI=1S/C25H21N3O4S/c1-30-19-13-11-18(12-14-19)24-26-27-25(32-24)33-16-23(29)28-20-9-5-6-10-22(20)31-15-21(28)17-7-3-2-4-8-17/h2-14,21H,15-16H2,1H3/t21-/m1/s1. The molecule has 8 heteroatoms. The Hall–Kier alpha value is -3.78. The summed E-state index contributed by atoms with van der Waals surface area (Å²) in [6.07, 6.45) is 0. The van der Waals surface area contributed by atoms with Crippen molar-refractivity contribution in [2.75, 3.05) is 24.4 Å². The van der Waals surface area contributed by atoms with Gasteiger partial charge < -0.3 is 13.9 Å². The molecule has 0 bridgehead atoms. The monoisotopic (exact) mass is 459 g/mol. The van der Waals surface area contributed by atoms with Crippen LogP contribution in [0.4, 0.5) is 5.69 Å². The summed E-state index contributed by atoms with van der Waals surface area (Å²) in [7, 11) is 1.61. The number of carbonyl (C=O) groups is 1. The van der Waals surface area contributed by atoms with Gasteiger partial charge in [0, 0.05) is 5.56 Å². The summed E-state index contributed by atoms with van der Waals surface area (Å²) in [6.45, 7) is 0.389. The first-order valence-corrected chi connectivity index (χ1v) is 11.4. The van der Waals surface area contributed by atoms with E-state index in [0.717, 1.165) is 22.6 Å². The summed E-state index contributed by atoms with van der Waals surface area (Å²) in [6, 6.07) is 24.6. The molecule has 0 saturated carbocycles. The van der Waals surface area contributed by atoms with Crippen molar-refractivity contribution in [1.29, 1.82) is 0 Å². The number of anilines is 1. The summed E-state index contributed by atoms with van der Waals surface area (Å²) in [4.78, 5) is 15.2. The second kappa shape index (κ2) is 9.38. The van der Waals surface area contributed by atoms with Gasteiger partial charge in [-0.15, -0.1) is 10.2 Å². The lowest BCUT2D eigenvalue weighted by molar-refractivity contribution is -0.117. The van der Waals surface area contributed by atoms with Crippen molar-refractivity contribution in [3.05, 3.63) is 84.4 Å². The molecule has 5 rings (SSSR count). The van der Waals surface area contributed by atoms with Crippen LogP contribution in [0, 0.1) is 0 Å². The van der Waals surface area contributed by atoms with Gasteiger partial charge in [0.15, 0.2) is 0 Å². The summed E-state index contributed by atoms with van der Waals surface area (Å²) in [5, 5.41) is 8.54. The maximum absolute atomic E-state index is 13.4. The fourth-order valence-electron chi connectivity index (χ4n) is 3.73. The normalized spacial score (nSPS) is 14.9. The second-order valence-corrected chi connectivity index (χ2v) is 8.29. The quantitative estimate of drug-likeness (QED) is 0.375. The summed E-state index contributed by atoms with van der Waals surface area (Å²) in [5.41, 5.74) is 2.56. The average molecular weight is 460 g/mol. The molecule has 166 valence electrons. The van der Waals surface area contributed by atoms with Gasteiger partial charge in [-0.25, -0.2) is 0 Å². The van der Waals surface area contributed by atoms with Gasteiger partial charge in [0.2, 0.25) is 11.8 Å². The molecule has 33 heavy (non-hydrogen) atoms. The topological polar surface area (TPSA) is 77.7 Å². The third kappa shape index (κ3) is 4.42. The highest BCUT2D eigenvalue weighted by Crippen LogP contribution is 2.40. The van der Waals surface area contributed by atoms with E-state index in [-0.39, 0.29) is 17.7 Å². The van der Waals surface area contributed by atoms with E-state index in [1.54, 1.807) is 7.11 Å².